The molecule has 1 saturated heterocycles. The van der Waals surface area contributed by atoms with E-state index in [0.717, 1.165) is 11.0 Å². The number of carbonyl (C=O) groups is 2. The molecule has 2 aliphatic heterocycles. The van der Waals surface area contributed by atoms with Crippen LogP contribution in [0.4, 0.5) is 10.1 Å². The average molecular weight is 441 g/mol. The molecule has 2 amide bonds. The standard InChI is InChI=1S/C20H14ClFN6O3/c1-10-2-7-13(8-14(10)22)28-19(29)16-17(20(28)30)27(26-24-16)9-15-23-18(25-31-15)11-3-5-12(21)6-4-11/h2-8,16-17H,9H2,1H3/t16-,17+/m1/s1. The molecular formula is C20H14ClFN6O3. The fourth-order valence-electron chi connectivity index (χ4n) is 3.50. The van der Waals surface area contributed by atoms with Crippen molar-refractivity contribution in [2.45, 2.75) is 25.6 Å². The molecule has 0 bridgehead atoms. The Morgan fingerprint density at radius 3 is 2.65 bits per heavy atom. The highest BCUT2D eigenvalue weighted by molar-refractivity contribution is 6.30. The molecule has 3 aromatic rings. The van der Waals surface area contributed by atoms with E-state index in [1.807, 2.05) is 0 Å². The van der Waals surface area contributed by atoms with Crippen LogP contribution in [-0.4, -0.2) is 39.0 Å². The van der Waals surface area contributed by atoms with Crippen molar-refractivity contribution in [3.05, 3.63) is 64.8 Å². The van der Waals surface area contributed by atoms with Crippen LogP contribution in [0.1, 0.15) is 11.5 Å². The first-order valence-corrected chi connectivity index (χ1v) is 9.70. The maximum Gasteiger partial charge on any atom is 0.263 e. The number of imide groups is 1. The average Bonchev–Trinajstić information content (AvgIpc) is 3.44. The van der Waals surface area contributed by atoms with E-state index in [2.05, 4.69) is 20.5 Å². The van der Waals surface area contributed by atoms with E-state index in [0.29, 0.717) is 22.0 Å². The molecule has 0 aliphatic carbocycles. The van der Waals surface area contributed by atoms with Crippen LogP contribution < -0.4 is 4.90 Å². The van der Waals surface area contributed by atoms with Gasteiger partial charge in [-0.1, -0.05) is 28.0 Å². The van der Waals surface area contributed by atoms with Crippen LogP contribution in [0, 0.1) is 12.7 Å². The topological polar surface area (TPSA) is 104 Å². The van der Waals surface area contributed by atoms with Crippen molar-refractivity contribution < 1.29 is 18.5 Å². The third-order valence-electron chi connectivity index (χ3n) is 5.14. The molecule has 31 heavy (non-hydrogen) atoms. The van der Waals surface area contributed by atoms with E-state index in [1.54, 1.807) is 31.2 Å². The summed E-state index contributed by atoms with van der Waals surface area (Å²) >= 11 is 5.89. The van der Waals surface area contributed by atoms with E-state index in [9.17, 15) is 14.0 Å². The molecule has 0 radical (unpaired) electrons. The number of benzene rings is 2. The van der Waals surface area contributed by atoms with E-state index in [-0.39, 0.29) is 18.1 Å². The van der Waals surface area contributed by atoms with Crippen molar-refractivity contribution in [1.29, 1.82) is 0 Å². The number of hydrogen-bond acceptors (Lipinski definition) is 8. The zero-order chi connectivity index (χ0) is 21.7. The summed E-state index contributed by atoms with van der Waals surface area (Å²) in [5.74, 6) is -1.05. The molecule has 156 valence electrons. The minimum atomic E-state index is -1.00. The van der Waals surface area contributed by atoms with Crippen molar-refractivity contribution in [3.8, 4) is 11.4 Å². The minimum Gasteiger partial charge on any atom is -0.337 e. The molecule has 2 atom stereocenters. The number of rotatable bonds is 4. The number of aryl methyl sites for hydroxylation is 1. The zero-order valence-electron chi connectivity index (χ0n) is 16.1. The molecule has 1 fully saturated rings. The number of halogens is 2. The summed E-state index contributed by atoms with van der Waals surface area (Å²) in [6.07, 6.45) is 0. The Labute approximate surface area is 180 Å². The summed E-state index contributed by atoms with van der Waals surface area (Å²) in [5, 5.41) is 13.7. The third kappa shape index (κ3) is 3.25. The van der Waals surface area contributed by atoms with Gasteiger partial charge >= 0.3 is 0 Å². The summed E-state index contributed by atoms with van der Waals surface area (Å²) in [7, 11) is 0. The fraction of sp³-hybridized carbons (Fsp3) is 0.200. The van der Waals surface area contributed by atoms with Gasteiger partial charge in [-0.25, -0.2) is 9.29 Å². The van der Waals surface area contributed by atoms with E-state index in [1.165, 1.54) is 17.1 Å². The molecule has 2 aliphatic rings. The first-order valence-electron chi connectivity index (χ1n) is 9.32. The molecule has 3 heterocycles. The quantitative estimate of drug-likeness (QED) is 0.576. The lowest BCUT2D eigenvalue weighted by molar-refractivity contribution is -0.123. The summed E-state index contributed by atoms with van der Waals surface area (Å²) < 4.78 is 19.2. The van der Waals surface area contributed by atoms with Gasteiger partial charge in [0.1, 0.15) is 12.4 Å². The smallest absolute Gasteiger partial charge is 0.263 e. The highest BCUT2D eigenvalue weighted by atomic mass is 35.5. The van der Waals surface area contributed by atoms with Gasteiger partial charge in [0.15, 0.2) is 12.1 Å². The van der Waals surface area contributed by atoms with Gasteiger partial charge in [-0.3, -0.25) is 14.6 Å². The summed E-state index contributed by atoms with van der Waals surface area (Å²) in [6.45, 7) is 1.58. The first-order chi connectivity index (χ1) is 14.9. The van der Waals surface area contributed by atoms with Crippen LogP contribution in [0.5, 0.6) is 0 Å². The molecule has 2 aromatic carbocycles. The molecule has 1 aromatic heterocycles. The molecule has 9 nitrogen and oxygen atoms in total. The lowest BCUT2D eigenvalue weighted by atomic mass is 10.1. The van der Waals surface area contributed by atoms with Crippen LogP contribution in [0.25, 0.3) is 11.4 Å². The van der Waals surface area contributed by atoms with Gasteiger partial charge in [0.05, 0.1) is 5.69 Å². The Hall–Kier alpha value is -3.66. The SMILES string of the molecule is Cc1ccc(N2C(=O)[C@@H]3[C@@H](N=NN3Cc3nc(-c4ccc(Cl)cc4)no3)C2=O)cc1F. The van der Waals surface area contributed by atoms with Gasteiger partial charge in [-0.2, -0.15) is 10.1 Å². The number of carbonyl (C=O) groups excluding carboxylic acids is 2. The summed E-state index contributed by atoms with van der Waals surface area (Å²) in [5.41, 5.74) is 1.28. The predicted molar refractivity (Wildman–Crippen MR) is 106 cm³/mol. The Morgan fingerprint density at radius 1 is 1.13 bits per heavy atom. The van der Waals surface area contributed by atoms with E-state index < -0.39 is 29.7 Å². The Kier molecular flexibility index (Phi) is 4.51. The van der Waals surface area contributed by atoms with Crippen molar-refractivity contribution in [2.24, 2.45) is 10.3 Å². The highest BCUT2D eigenvalue weighted by Crippen LogP contribution is 2.33. The number of anilines is 1. The molecule has 5 rings (SSSR count). The summed E-state index contributed by atoms with van der Waals surface area (Å²) in [4.78, 5) is 31.0. The Bertz CT molecular complexity index is 1230. The highest BCUT2D eigenvalue weighted by Gasteiger charge is 2.55. The van der Waals surface area contributed by atoms with Crippen LogP contribution in [0.3, 0.4) is 0 Å². The van der Waals surface area contributed by atoms with Gasteiger partial charge < -0.3 is 4.52 Å². The van der Waals surface area contributed by atoms with Crippen molar-refractivity contribution in [1.82, 2.24) is 15.1 Å². The van der Waals surface area contributed by atoms with Crippen LogP contribution in [0.2, 0.25) is 5.02 Å². The van der Waals surface area contributed by atoms with Crippen molar-refractivity contribution in [3.63, 3.8) is 0 Å². The molecule has 0 unspecified atom stereocenters. The van der Waals surface area contributed by atoms with Crippen molar-refractivity contribution >= 4 is 29.1 Å². The molecule has 0 spiro atoms. The van der Waals surface area contributed by atoms with Gasteiger partial charge in [0.2, 0.25) is 11.7 Å². The maximum atomic E-state index is 14.0. The number of amides is 2. The normalized spacial score (nSPS) is 20.1. The van der Waals surface area contributed by atoms with Crippen LogP contribution in [0.15, 0.2) is 57.3 Å². The molecule has 11 heteroatoms. The fourth-order valence-corrected chi connectivity index (χ4v) is 3.63. The molecule has 0 saturated carbocycles. The lowest BCUT2D eigenvalue weighted by Crippen LogP contribution is -2.39. The monoisotopic (exact) mass is 440 g/mol. The minimum absolute atomic E-state index is 0.0135. The maximum absolute atomic E-state index is 14.0. The van der Waals surface area contributed by atoms with Crippen LogP contribution in [-0.2, 0) is 16.1 Å². The third-order valence-corrected chi connectivity index (χ3v) is 5.39. The molecular weight excluding hydrogens is 427 g/mol. The van der Waals surface area contributed by atoms with E-state index >= 15 is 0 Å². The Morgan fingerprint density at radius 2 is 1.90 bits per heavy atom. The zero-order valence-corrected chi connectivity index (χ0v) is 16.8. The van der Waals surface area contributed by atoms with E-state index in [4.69, 9.17) is 16.1 Å². The second kappa shape index (κ2) is 7.24. The summed E-state index contributed by atoms with van der Waals surface area (Å²) in [6, 6.07) is 9.14. The number of nitrogens with zero attached hydrogens (tertiary/aromatic N) is 6. The van der Waals surface area contributed by atoms with Gasteiger partial charge in [-0.05, 0) is 48.9 Å². The first kappa shape index (κ1) is 19.3. The van der Waals surface area contributed by atoms with Gasteiger partial charge in [0.25, 0.3) is 11.8 Å². The number of fused-ring (bicyclic) bond motifs is 1. The van der Waals surface area contributed by atoms with Gasteiger partial charge in [-0.15, -0.1) is 0 Å². The Balaban J connectivity index is 1.36. The second-order valence-corrected chi connectivity index (χ2v) is 7.59. The number of hydrogen-bond donors (Lipinski definition) is 0. The molecule has 0 N–H and O–H groups in total. The lowest BCUT2D eigenvalue weighted by Gasteiger charge is -2.19. The van der Waals surface area contributed by atoms with Crippen LogP contribution >= 0.6 is 11.6 Å². The number of aromatic nitrogens is 2. The van der Waals surface area contributed by atoms with Crippen molar-refractivity contribution in [2.75, 3.05) is 4.90 Å². The predicted octanol–water partition coefficient (Wildman–Crippen LogP) is 3.33. The van der Waals surface area contributed by atoms with Gasteiger partial charge in [0, 0.05) is 10.6 Å². The largest absolute Gasteiger partial charge is 0.337 e. The second-order valence-electron chi connectivity index (χ2n) is 7.16.